The Morgan fingerprint density at radius 3 is 2.17 bits per heavy atom. The van der Waals surface area contributed by atoms with Crippen LogP contribution in [0.4, 0.5) is 0 Å². The second-order valence-electron chi connectivity index (χ2n) is 12.4. The van der Waals surface area contributed by atoms with Gasteiger partial charge in [-0.1, -0.05) is 60.3 Å². The number of hydrogen-bond acceptors (Lipinski definition) is 6. The van der Waals surface area contributed by atoms with Gasteiger partial charge in [0.15, 0.2) is 0 Å². The number of aliphatic hydroxyl groups excluding tert-OH is 1. The van der Waals surface area contributed by atoms with Crippen molar-refractivity contribution in [1.29, 1.82) is 0 Å². The van der Waals surface area contributed by atoms with Gasteiger partial charge in [-0.2, -0.15) is 0 Å². The Morgan fingerprint density at radius 2 is 1.58 bits per heavy atom. The number of rotatable bonds is 3. The van der Waals surface area contributed by atoms with Gasteiger partial charge in [0.25, 0.3) is 6.29 Å². The summed E-state index contributed by atoms with van der Waals surface area (Å²) in [6, 6.07) is 0. The number of cyclic esters (lactones) is 1. The predicted octanol–water partition coefficient (Wildman–Crippen LogP) is 6.29. The number of hydrogen-bond donors (Lipinski definition) is 1. The minimum Gasteiger partial charge on any atom is -0.458 e. The molecule has 2 aliphatic carbocycles. The molecule has 2 aliphatic heterocycles. The van der Waals surface area contributed by atoms with Gasteiger partial charge < -0.3 is 19.3 Å². The summed E-state index contributed by atoms with van der Waals surface area (Å²) in [6.45, 7) is 12.3. The molecule has 0 radical (unpaired) electrons. The summed E-state index contributed by atoms with van der Waals surface area (Å²) in [6.07, 6.45) is 11.3. The first kappa shape index (κ1) is 27.0. The Hall–Kier alpha value is -2.08. The van der Waals surface area contributed by atoms with Crippen LogP contribution in [0.2, 0.25) is 0 Å². The molecule has 2 heterocycles. The van der Waals surface area contributed by atoms with E-state index in [-0.39, 0.29) is 5.41 Å². The van der Waals surface area contributed by atoms with E-state index in [9.17, 15) is 14.7 Å². The molecule has 6 nitrogen and oxygen atoms in total. The number of esters is 2. The lowest BCUT2D eigenvalue weighted by Crippen LogP contribution is -2.55. The Balaban J connectivity index is 1.74. The van der Waals surface area contributed by atoms with Gasteiger partial charge in [-0.15, -0.1) is 0 Å². The summed E-state index contributed by atoms with van der Waals surface area (Å²) in [5.74, 6) is -0.833. The molecule has 0 aromatic heterocycles. The Labute approximate surface area is 216 Å². The molecule has 5 unspecified atom stereocenters. The molecule has 0 amide bonds. The maximum absolute atomic E-state index is 13.8. The van der Waals surface area contributed by atoms with Gasteiger partial charge in [-0.05, 0) is 62.0 Å². The lowest BCUT2D eigenvalue weighted by atomic mass is 9.53. The number of aliphatic hydroxyl groups is 1. The first-order valence-corrected chi connectivity index (χ1v) is 13.8. The summed E-state index contributed by atoms with van der Waals surface area (Å²) in [7, 11) is 0. The van der Waals surface area contributed by atoms with E-state index >= 15 is 0 Å². The Kier molecular flexibility index (Phi) is 7.49. The van der Waals surface area contributed by atoms with Crippen molar-refractivity contribution in [3.05, 3.63) is 34.6 Å². The summed E-state index contributed by atoms with van der Waals surface area (Å²) in [4.78, 5) is 25.5. The maximum Gasteiger partial charge on any atom is 0.338 e. The van der Waals surface area contributed by atoms with Crippen molar-refractivity contribution in [1.82, 2.24) is 0 Å². The first-order chi connectivity index (χ1) is 16.9. The second kappa shape index (κ2) is 10.00. The summed E-state index contributed by atoms with van der Waals surface area (Å²) in [5.41, 5.74) is 1.68. The summed E-state index contributed by atoms with van der Waals surface area (Å²) >= 11 is 0. The van der Waals surface area contributed by atoms with Crippen molar-refractivity contribution in [2.45, 2.75) is 124 Å². The number of ether oxygens (including phenoxy) is 3. The van der Waals surface area contributed by atoms with Crippen LogP contribution in [0.15, 0.2) is 34.6 Å². The van der Waals surface area contributed by atoms with Crippen molar-refractivity contribution >= 4 is 11.9 Å². The molecule has 1 fully saturated rings. The van der Waals surface area contributed by atoms with E-state index in [1.807, 2.05) is 13.8 Å². The fourth-order valence-corrected chi connectivity index (χ4v) is 7.11. The zero-order valence-corrected chi connectivity index (χ0v) is 22.9. The summed E-state index contributed by atoms with van der Waals surface area (Å²) in [5, 5.41) is 11.9. The molecule has 36 heavy (non-hydrogen) atoms. The topological polar surface area (TPSA) is 82.1 Å². The highest BCUT2D eigenvalue weighted by Crippen LogP contribution is 2.62. The third kappa shape index (κ3) is 4.55. The van der Waals surface area contributed by atoms with Gasteiger partial charge in [-0.25, -0.2) is 9.59 Å². The largest absolute Gasteiger partial charge is 0.458 e. The molecule has 0 aromatic rings. The minimum absolute atomic E-state index is 0.302. The SMILES string of the molecule is CCC1(C)CC(C)(C)C(=COC2C=C(C)C(=O)O2)C(=O)OC2C3=C(CCCCCCCC3)C(O)C21C. The predicted molar refractivity (Wildman–Crippen MR) is 138 cm³/mol. The van der Waals surface area contributed by atoms with E-state index in [0.717, 1.165) is 49.7 Å². The van der Waals surface area contributed by atoms with Crippen molar-refractivity contribution in [3.63, 3.8) is 0 Å². The average Bonchev–Trinajstić information content (AvgIpc) is 3.24. The van der Waals surface area contributed by atoms with Gasteiger partial charge in [0.05, 0.1) is 17.9 Å². The number of carbonyl (C=O) groups excluding carboxylic acids is 2. The molecule has 5 atom stereocenters. The third-order valence-corrected chi connectivity index (χ3v) is 9.65. The molecule has 1 N–H and O–H groups in total. The van der Waals surface area contributed by atoms with Crippen molar-refractivity contribution in [2.75, 3.05) is 0 Å². The van der Waals surface area contributed by atoms with Crippen LogP contribution in [-0.2, 0) is 23.8 Å². The lowest BCUT2D eigenvalue weighted by molar-refractivity contribution is -0.171. The molecule has 4 aliphatic rings. The van der Waals surface area contributed by atoms with Crippen LogP contribution in [-0.4, -0.2) is 35.5 Å². The van der Waals surface area contributed by atoms with Crippen LogP contribution >= 0.6 is 0 Å². The highest BCUT2D eigenvalue weighted by Gasteiger charge is 2.63. The molecule has 0 spiro atoms. The Morgan fingerprint density at radius 1 is 0.972 bits per heavy atom. The van der Waals surface area contributed by atoms with E-state index in [1.165, 1.54) is 25.5 Å². The van der Waals surface area contributed by atoms with E-state index < -0.39 is 41.3 Å². The molecule has 0 bridgehead atoms. The minimum atomic E-state index is -0.845. The van der Waals surface area contributed by atoms with Gasteiger partial charge in [-0.3, -0.25) is 0 Å². The van der Waals surface area contributed by atoms with E-state index in [4.69, 9.17) is 14.2 Å². The fourth-order valence-electron chi connectivity index (χ4n) is 7.11. The molecule has 1 saturated heterocycles. The van der Waals surface area contributed by atoms with E-state index in [2.05, 4.69) is 20.8 Å². The van der Waals surface area contributed by atoms with Crippen LogP contribution in [0.5, 0.6) is 0 Å². The third-order valence-electron chi connectivity index (χ3n) is 9.65. The lowest BCUT2D eigenvalue weighted by Gasteiger charge is -2.54. The highest BCUT2D eigenvalue weighted by molar-refractivity contribution is 5.91. The summed E-state index contributed by atoms with van der Waals surface area (Å²) < 4.78 is 17.4. The monoisotopic (exact) mass is 500 g/mol. The smallest absolute Gasteiger partial charge is 0.338 e. The van der Waals surface area contributed by atoms with Crippen LogP contribution in [0.1, 0.15) is 106 Å². The fraction of sp³-hybridized carbons (Fsp3) is 0.733. The molecule has 200 valence electrons. The van der Waals surface area contributed by atoms with Crippen LogP contribution in [0.3, 0.4) is 0 Å². The van der Waals surface area contributed by atoms with Crippen LogP contribution in [0.25, 0.3) is 0 Å². The van der Waals surface area contributed by atoms with E-state index in [1.54, 1.807) is 13.0 Å². The first-order valence-electron chi connectivity index (χ1n) is 13.8. The average molecular weight is 501 g/mol. The number of carbonyl (C=O) groups is 2. The standard InChI is InChI=1S/C30H44O6/c1-7-29(5)18-28(3,4)22(17-34-23-16-19(2)26(32)35-23)27(33)36-25-21-15-13-11-9-8-10-12-14-20(21)24(31)30(25,29)6/h16-17,23-25,31H,7-15,18H2,1-6H3. The molecule has 4 rings (SSSR count). The zero-order valence-electron chi connectivity index (χ0n) is 22.9. The normalized spacial score (nSPS) is 38.4. The molecule has 0 saturated carbocycles. The van der Waals surface area contributed by atoms with Gasteiger partial charge >= 0.3 is 11.9 Å². The molecule has 0 aromatic carbocycles. The zero-order chi connectivity index (χ0) is 26.3. The van der Waals surface area contributed by atoms with Crippen LogP contribution in [0, 0.1) is 16.2 Å². The second-order valence-corrected chi connectivity index (χ2v) is 12.4. The molecular weight excluding hydrogens is 456 g/mol. The van der Waals surface area contributed by atoms with Crippen molar-refractivity contribution in [3.8, 4) is 0 Å². The van der Waals surface area contributed by atoms with Gasteiger partial charge in [0, 0.05) is 22.5 Å². The van der Waals surface area contributed by atoms with Crippen LogP contribution < -0.4 is 0 Å². The maximum atomic E-state index is 13.8. The van der Waals surface area contributed by atoms with E-state index in [0.29, 0.717) is 17.6 Å². The van der Waals surface area contributed by atoms with Gasteiger partial charge in [0.1, 0.15) is 6.10 Å². The van der Waals surface area contributed by atoms with Crippen molar-refractivity contribution in [2.24, 2.45) is 16.2 Å². The molecular formula is C30H44O6. The molecule has 6 heteroatoms. The van der Waals surface area contributed by atoms with Gasteiger partial charge in [0.2, 0.25) is 0 Å². The quantitative estimate of drug-likeness (QED) is 0.212. The number of fused-ring (bicyclic) bond motifs is 2. The Bertz CT molecular complexity index is 987. The van der Waals surface area contributed by atoms with Crippen molar-refractivity contribution < 1.29 is 28.9 Å². The highest BCUT2D eigenvalue weighted by atomic mass is 16.7.